The third kappa shape index (κ3) is 4.16. The number of amides is 1. The van der Waals surface area contributed by atoms with Crippen molar-refractivity contribution in [3.05, 3.63) is 53.9 Å². The van der Waals surface area contributed by atoms with E-state index in [4.69, 9.17) is 0 Å². The first-order valence-corrected chi connectivity index (χ1v) is 10.4. The van der Waals surface area contributed by atoms with Crippen LogP contribution in [0.25, 0.3) is 0 Å². The Hall–Kier alpha value is -2.12. The predicted molar refractivity (Wildman–Crippen MR) is 101 cm³/mol. The molecule has 1 amide bonds. The summed E-state index contributed by atoms with van der Waals surface area (Å²) in [5.41, 5.74) is 1.50. The van der Waals surface area contributed by atoms with E-state index in [9.17, 15) is 13.2 Å². The number of aromatic nitrogens is 1. The highest BCUT2D eigenvalue weighted by molar-refractivity contribution is 7.89. The topological polar surface area (TPSA) is 71.4 Å². The molecule has 0 spiro atoms. The summed E-state index contributed by atoms with van der Waals surface area (Å²) >= 11 is 0. The smallest absolute Gasteiger partial charge is 0.267 e. The number of nitrogens with zero attached hydrogens (tertiary/aromatic N) is 2. The van der Waals surface area contributed by atoms with Crippen molar-refractivity contribution in [2.24, 2.45) is 7.05 Å². The summed E-state index contributed by atoms with van der Waals surface area (Å²) in [4.78, 5) is 12.6. The number of carbonyl (C=O) groups excluding carboxylic acids is 1. The second-order valence-corrected chi connectivity index (χ2v) is 8.57. The third-order valence-corrected chi connectivity index (χ3v) is 6.57. The molecule has 7 heteroatoms. The number of hydrogen-bond donors (Lipinski definition) is 1. The molecule has 2 aromatic rings. The zero-order chi connectivity index (χ0) is 18.6. The van der Waals surface area contributed by atoms with Crippen molar-refractivity contribution in [3.8, 4) is 0 Å². The molecule has 1 saturated heterocycles. The summed E-state index contributed by atoms with van der Waals surface area (Å²) in [7, 11) is -1.83. The molecule has 1 N–H and O–H groups in total. The minimum Gasteiger partial charge on any atom is -0.350 e. The van der Waals surface area contributed by atoms with Gasteiger partial charge in [-0.25, -0.2) is 8.42 Å². The maximum atomic E-state index is 12.8. The van der Waals surface area contributed by atoms with E-state index in [-0.39, 0.29) is 10.8 Å². The molecule has 3 rings (SSSR count). The number of sulfonamides is 1. The number of benzene rings is 1. The molecule has 0 atom stereocenters. The van der Waals surface area contributed by atoms with E-state index in [1.165, 1.54) is 16.6 Å². The highest BCUT2D eigenvalue weighted by Gasteiger charge is 2.28. The Labute approximate surface area is 154 Å². The van der Waals surface area contributed by atoms with Crippen LogP contribution in [0.4, 0.5) is 0 Å². The molecular formula is C19H25N3O3S. The molecule has 0 aliphatic carbocycles. The van der Waals surface area contributed by atoms with Crippen molar-refractivity contribution in [1.29, 1.82) is 0 Å². The highest BCUT2D eigenvalue weighted by Crippen LogP contribution is 2.22. The molecule has 26 heavy (non-hydrogen) atoms. The van der Waals surface area contributed by atoms with Crippen LogP contribution < -0.4 is 5.32 Å². The van der Waals surface area contributed by atoms with E-state index in [1.807, 2.05) is 30.3 Å². The van der Waals surface area contributed by atoms with Crippen molar-refractivity contribution < 1.29 is 13.2 Å². The molecule has 0 unspecified atom stereocenters. The lowest BCUT2D eigenvalue weighted by Gasteiger charge is -2.25. The molecule has 1 aliphatic heterocycles. The fourth-order valence-electron chi connectivity index (χ4n) is 3.21. The lowest BCUT2D eigenvalue weighted by molar-refractivity contribution is 0.0946. The van der Waals surface area contributed by atoms with Gasteiger partial charge >= 0.3 is 0 Å². The van der Waals surface area contributed by atoms with Gasteiger partial charge in [0.15, 0.2) is 0 Å². The molecule has 0 bridgehead atoms. The summed E-state index contributed by atoms with van der Waals surface area (Å²) in [5.74, 6) is -0.261. The molecule has 1 aromatic carbocycles. The number of nitrogens with one attached hydrogen (secondary N) is 1. The van der Waals surface area contributed by atoms with Crippen LogP contribution in [0.5, 0.6) is 0 Å². The van der Waals surface area contributed by atoms with E-state index >= 15 is 0 Å². The van der Waals surface area contributed by atoms with Gasteiger partial charge in [-0.1, -0.05) is 36.8 Å². The number of rotatable bonds is 6. The molecule has 6 nitrogen and oxygen atoms in total. The van der Waals surface area contributed by atoms with E-state index in [0.717, 1.165) is 31.2 Å². The highest BCUT2D eigenvalue weighted by atomic mass is 32.2. The third-order valence-electron chi connectivity index (χ3n) is 4.71. The fourth-order valence-corrected chi connectivity index (χ4v) is 4.80. The average Bonchev–Trinajstić information content (AvgIpc) is 3.06. The zero-order valence-corrected chi connectivity index (χ0v) is 15.8. The summed E-state index contributed by atoms with van der Waals surface area (Å²) in [6.45, 7) is 1.61. The summed E-state index contributed by atoms with van der Waals surface area (Å²) in [6.07, 6.45) is 5.10. The van der Waals surface area contributed by atoms with Gasteiger partial charge in [0.05, 0.1) is 0 Å². The van der Waals surface area contributed by atoms with E-state index in [1.54, 1.807) is 11.6 Å². The minimum atomic E-state index is -3.53. The van der Waals surface area contributed by atoms with E-state index in [0.29, 0.717) is 25.3 Å². The Morgan fingerprint density at radius 3 is 2.50 bits per heavy atom. The largest absolute Gasteiger partial charge is 0.350 e. The second-order valence-electron chi connectivity index (χ2n) is 6.63. The Balaban J connectivity index is 1.66. The minimum absolute atomic E-state index is 0.190. The van der Waals surface area contributed by atoms with Crippen LogP contribution >= 0.6 is 0 Å². The van der Waals surface area contributed by atoms with Gasteiger partial charge in [-0.3, -0.25) is 4.79 Å². The van der Waals surface area contributed by atoms with Crippen molar-refractivity contribution in [2.75, 3.05) is 19.6 Å². The van der Waals surface area contributed by atoms with Crippen LogP contribution in [0, 0.1) is 0 Å². The predicted octanol–water partition coefficient (Wildman–Crippen LogP) is 2.17. The molecular weight excluding hydrogens is 350 g/mol. The molecule has 140 valence electrons. The van der Waals surface area contributed by atoms with Crippen molar-refractivity contribution in [3.63, 3.8) is 0 Å². The van der Waals surface area contributed by atoms with Gasteiger partial charge in [0.25, 0.3) is 5.91 Å². The molecule has 1 aliphatic rings. The lowest BCUT2D eigenvalue weighted by atomic mass is 10.1. The van der Waals surface area contributed by atoms with E-state index in [2.05, 4.69) is 5.32 Å². The van der Waals surface area contributed by atoms with Crippen LogP contribution in [-0.2, 0) is 23.5 Å². The van der Waals surface area contributed by atoms with Crippen LogP contribution in [-0.4, -0.2) is 42.8 Å². The molecule has 2 heterocycles. The fraction of sp³-hybridized carbons (Fsp3) is 0.421. The monoisotopic (exact) mass is 375 g/mol. The zero-order valence-electron chi connectivity index (χ0n) is 15.0. The van der Waals surface area contributed by atoms with Crippen LogP contribution in [0.1, 0.15) is 35.3 Å². The molecule has 0 radical (unpaired) electrons. The van der Waals surface area contributed by atoms with Gasteiger partial charge in [-0.05, 0) is 30.9 Å². The van der Waals surface area contributed by atoms with Gasteiger partial charge in [-0.15, -0.1) is 0 Å². The van der Waals surface area contributed by atoms with Gasteiger partial charge in [0, 0.05) is 32.9 Å². The Bertz CT molecular complexity index is 853. The average molecular weight is 375 g/mol. The normalized spacial score (nSPS) is 15.7. The number of aryl methyl sites for hydroxylation is 1. The number of hydrogen-bond acceptors (Lipinski definition) is 3. The lowest BCUT2D eigenvalue weighted by Crippen LogP contribution is -2.35. The van der Waals surface area contributed by atoms with Crippen molar-refractivity contribution >= 4 is 15.9 Å². The Morgan fingerprint density at radius 2 is 1.81 bits per heavy atom. The van der Waals surface area contributed by atoms with Crippen LogP contribution in [0.15, 0.2) is 47.5 Å². The standard InChI is InChI=1S/C19H25N3O3S/c1-21-15-17(26(24,25)22-12-6-3-7-13-22)14-18(21)19(23)20-11-10-16-8-4-2-5-9-16/h2,4-5,8-9,14-15H,3,6-7,10-13H2,1H3,(H,20,23). The first kappa shape index (κ1) is 18.7. The van der Waals surface area contributed by atoms with Gasteiger partial charge in [0.2, 0.25) is 10.0 Å². The van der Waals surface area contributed by atoms with Crippen LogP contribution in [0.3, 0.4) is 0 Å². The van der Waals surface area contributed by atoms with Crippen molar-refractivity contribution in [2.45, 2.75) is 30.6 Å². The molecule has 1 fully saturated rings. The maximum Gasteiger partial charge on any atom is 0.267 e. The summed E-state index contributed by atoms with van der Waals surface area (Å²) in [5, 5.41) is 2.86. The van der Waals surface area contributed by atoms with Crippen LogP contribution in [0.2, 0.25) is 0 Å². The van der Waals surface area contributed by atoms with Crippen molar-refractivity contribution in [1.82, 2.24) is 14.2 Å². The maximum absolute atomic E-state index is 12.8. The van der Waals surface area contributed by atoms with Gasteiger partial charge < -0.3 is 9.88 Å². The molecule has 0 saturated carbocycles. The first-order valence-electron chi connectivity index (χ1n) is 8.97. The van der Waals surface area contributed by atoms with Gasteiger partial charge in [0.1, 0.15) is 10.6 Å². The molecule has 1 aromatic heterocycles. The first-order chi connectivity index (χ1) is 12.5. The number of carbonyl (C=O) groups is 1. The van der Waals surface area contributed by atoms with E-state index < -0.39 is 10.0 Å². The number of piperidine rings is 1. The quantitative estimate of drug-likeness (QED) is 0.841. The second kappa shape index (κ2) is 8.05. The summed E-state index contributed by atoms with van der Waals surface area (Å²) in [6, 6.07) is 11.4. The Morgan fingerprint density at radius 1 is 1.12 bits per heavy atom. The van der Waals surface area contributed by atoms with Gasteiger partial charge in [-0.2, -0.15) is 4.31 Å². The Kier molecular flexibility index (Phi) is 5.78. The summed E-state index contributed by atoms with van der Waals surface area (Å²) < 4.78 is 28.6. The SMILES string of the molecule is Cn1cc(S(=O)(=O)N2CCCCC2)cc1C(=O)NCCc1ccccc1.